The third-order valence-electron chi connectivity index (χ3n) is 9.51. The lowest BCUT2D eigenvalue weighted by molar-refractivity contribution is -0.151. The molecule has 21 heteroatoms. The summed E-state index contributed by atoms with van der Waals surface area (Å²) in [4.78, 5) is 38.7. The number of anilines is 1. The first-order valence-electron chi connectivity index (χ1n) is 18.4. The Kier molecular flexibility index (Phi) is 13.5. The van der Waals surface area contributed by atoms with Crippen LogP contribution in [0.5, 0.6) is 5.75 Å². The second kappa shape index (κ2) is 18.1. The number of nitrogens with two attached hydrogens (primary N) is 1. The number of nitrogens with zero attached hydrogens (tertiary/aromatic N) is 5. The van der Waals surface area contributed by atoms with Crippen molar-refractivity contribution in [2.45, 2.75) is 70.9 Å². The molecular formula is C37H45ClFN7O10P2. The molecule has 0 aliphatic carbocycles. The molecule has 1 aliphatic rings. The molecule has 3 heterocycles. The van der Waals surface area contributed by atoms with Gasteiger partial charge < -0.3 is 34.6 Å². The van der Waals surface area contributed by atoms with E-state index >= 15 is 4.39 Å². The average Bonchev–Trinajstić information content (AvgIpc) is 3.73. The molecule has 17 nitrogen and oxygen atoms in total. The summed E-state index contributed by atoms with van der Waals surface area (Å²) in [6.07, 6.45) is -5.51. The fourth-order valence-electron chi connectivity index (χ4n) is 6.37. The van der Waals surface area contributed by atoms with Crippen LogP contribution in [0.25, 0.3) is 21.9 Å². The number of esters is 1. The first-order valence-corrected chi connectivity index (χ1v) is 21.8. The molecule has 5 N–H and O–H groups in total. The van der Waals surface area contributed by atoms with Crippen LogP contribution in [-0.4, -0.2) is 90.5 Å². The number of carbonyl (C=O) groups excluding carboxylic acids is 1. The Bertz CT molecular complexity index is 2340. The minimum atomic E-state index is -5.48. The normalized spacial score (nSPS) is 20.6. The number of aliphatic hydroxyl groups excluding tert-OH is 1. The quantitative estimate of drug-likeness (QED) is 0.0442. The first-order chi connectivity index (χ1) is 27.5. The number of carbonyl (C=O) groups is 1. The number of phosphoric ester groups is 1. The maximum atomic E-state index is 15.5. The molecule has 0 amide bonds. The van der Waals surface area contributed by atoms with Crippen LogP contribution in [0.15, 0.2) is 73.1 Å². The smallest absolute Gasteiger partial charge is 0.459 e. The molecule has 1 aliphatic heterocycles. The number of hydrogen-bond donors (Lipinski definition) is 4. The summed E-state index contributed by atoms with van der Waals surface area (Å²) in [5, 5.41) is 14.3. The zero-order valence-electron chi connectivity index (χ0n) is 32.1. The van der Waals surface area contributed by atoms with E-state index in [4.69, 9.17) is 40.2 Å². The second-order valence-electron chi connectivity index (χ2n) is 14.0. The summed E-state index contributed by atoms with van der Waals surface area (Å²) in [7, 11) is -10.6. The van der Waals surface area contributed by atoms with Crippen LogP contribution >= 0.6 is 27.2 Å². The van der Waals surface area contributed by atoms with Crippen molar-refractivity contribution < 1.29 is 51.1 Å². The summed E-state index contributed by atoms with van der Waals surface area (Å²) in [6, 6.07) is 19.6. The second-order valence-corrected chi connectivity index (χ2v) is 17.6. The van der Waals surface area contributed by atoms with Crippen molar-refractivity contribution in [3.8, 4) is 5.75 Å². The van der Waals surface area contributed by atoms with Crippen molar-refractivity contribution in [2.24, 2.45) is 0 Å². The number of nitrogen functional groups attached to an aromatic ring is 1. The van der Waals surface area contributed by atoms with Gasteiger partial charge in [-0.1, -0.05) is 80.6 Å². The first kappa shape index (κ1) is 43.5. The van der Waals surface area contributed by atoms with Gasteiger partial charge in [-0.2, -0.15) is 19.4 Å². The van der Waals surface area contributed by atoms with Gasteiger partial charge >= 0.3 is 21.5 Å². The Morgan fingerprint density at radius 1 is 1.09 bits per heavy atom. The molecule has 312 valence electrons. The fourth-order valence-corrected chi connectivity index (χ4v) is 9.73. The molecule has 1 fully saturated rings. The summed E-state index contributed by atoms with van der Waals surface area (Å²) < 4.78 is 73.3. The van der Waals surface area contributed by atoms with E-state index in [2.05, 4.69) is 24.9 Å². The summed E-state index contributed by atoms with van der Waals surface area (Å²) >= 11 is 5.95. The molecule has 0 radical (unpaired) electrons. The number of hydrogen-bond acceptors (Lipinski definition) is 14. The van der Waals surface area contributed by atoms with Gasteiger partial charge in [0, 0.05) is 11.9 Å². The molecule has 6 atom stereocenters. The number of rotatable bonds is 18. The van der Waals surface area contributed by atoms with Gasteiger partial charge in [-0.05, 0) is 61.5 Å². The summed E-state index contributed by atoms with van der Waals surface area (Å²) in [5.74, 6) is -0.891. The summed E-state index contributed by atoms with van der Waals surface area (Å²) in [6.45, 7) is 7.81. The van der Waals surface area contributed by atoms with Crippen LogP contribution in [-0.2, 0) is 45.3 Å². The molecule has 3 aromatic carbocycles. The number of benzene rings is 3. The highest BCUT2D eigenvalue weighted by molar-refractivity contribution is 7.63. The molecule has 0 spiro atoms. The number of fused-ring (bicyclic) bond motifs is 2. The standard InChI is InChI=1S/C37H45ClFN7O10P2/c1-5-45(6-2)19-18-25-17-16-24-14-10-11-15-26(24)31(25)55-57(49,44-37(3,4)35(48)52-20-23-12-8-7-9-13-23)56-58(50,51)53-21-27-30(47)28(39)34(54-27)46-22-41-29-32(40)42-36(38)43-33(29)46/h7-17,22,27-28,30,34,47H,5-6,18-21H2,1-4H3,(H,44,49)(H,50,51)(H2,40,42,43)/t27-,28?,30?,34-,57?/m1/s1. The number of halogens is 2. The van der Waals surface area contributed by atoms with Crippen LogP contribution in [0, 0.1) is 0 Å². The molecule has 6 rings (SSSR count). The Balaban J connectivity index is 1.27. The average molecular weight is 864 g/mol. The van der Waals surface area contributed by atoms with E-state index in [0.29, 0.717) is 34.9 Å². The van der Waals surface area contributed by atoms with E-state index in [0.717, 1.165) is 24.0 Å². The minimum absolute atomic E-state index is 0.00838. The number of imidazole rings is 1. The van der Waals surface area contributed by atoms with Gasteiger partial charge in [0.2, 0.25) is 5.28 Å². The van der Waals surface area contributed by atoms with E-state index in [9.17, 15) is 23.9 Å². The van der Waals surface area contributed by atoms with E-state index < -0.39 is 58.3 Å². The molecule has 5 aromatic rings. The van der Waals surface area contributed by atoms with E-state index in [1.165, 1.54) is 13.8 Å². The lowest BCUT2D eigenvalue weighted by Gasteiger charge is -2.30. The number of phosphoric acid groups is 1. The van der Waals surface area contributed by atoms with Gasteiger partial charge in [0.25, 0.3) is 0 Å². The summed E-state index contributed by atoms with van der Waals surface area (Å²) in [5.41, 5.74) is 5.40. The minimum Gasteiger partial charge on any atom is -0.459 e. The van der Waals surface area contributed by atoms with Crippen molar-refractivity contribution in [2.75, 3.05) is 32.0 Å². The fraction of sp³-hybridized carbons (Fsp3) is 0.405. The van der Waals surface area contributed by atoms with E-state index in [-0.39, 0.29) is 34.6 Å². The van der Waals surface area contributed by atoms with Crippen molar-refractivity contribution in [3.05, 3.63) is 89.5 Å². The highest BCUT2D eigenvalue weighted by atomic mass is 35.5. The van der Waals surface area contributed by atoms with Crippen molar-refractivity contribution >= 4 is 60.9 Å². The van der Waals surface area contributed by atoms with Gasteiger partial charge in [-0.25, -0.2) is 18.5 Å². The predicted molar refractivity (Wildman–Crippen MR) is 214 cm³/mol. The Hall–Kier alpha value is -4.06. The number of alkyl halides is 1. The third kappa shape index (κ3) is 10.0. The Labute approximate surface area is 338 Å². The Morgan fingerprint density at radius 3 is 2.52 bits per heavy atom. The van der Waals surface area contributed by atoms with Gasteiger partial charge in [0.1, 0.15) is 35.6 Å². The van der Waals surface area contributed by atoms with Crippen LogP contribution in [0.1, 0.15) is 45.0 Å². The molecule has 2 aromatic heterocycles. The highest BCUT2D eigenvalue weighted by Crippen LogP contribution is 2.62. The molecule has 4 unspecified atom stereocenters. The number of aliphatic hydroxyl groups is 1. The molecule has 0 bridgehead atoms. The third-order valence-corrected chi connectivity index (χ3v) is 13.1. The number of aromatic nitrogens is 4. The number of likely N-dealkylation sites (N-methyl/N-ethyl adjacent to an activating group) is 1. The zero-order valence-corrected chi connectivity index (χ0v) is 34.6. The molecule has 58 heavy (non-hydrogen) atoms. The largest absolute Gasteiger partial charge is 0.481 e. The van der Waals surface area contributed by atoms with E-state index in [1.54, 1.807) is 54.6 Å². The Morgan fingerprint density at radius 2 is 1.79 bits per heavy atom. The number of nitrogens with one attached hydrogen (secondary N) is 1. The predicted octanol–water partition coefficient (Wildman–Crippen LogP) is 6.13. The lowest BCUT2D eigenvalue weighted by atomic mass is 10.0. The van der Waals surface area contributed by atoms with Crippen LogP contribution in [0.3, 0.4) is 0 Å². The van der Waals surface area contributed by atoms with Crippen LogP contribution in [0.4, 0.5) is 10.2 Å². The molecular weight excluding hydrogens is 819 g/mol. The molecule has 1 saturated heterocycles. The van der Waals surface area contributed by atoms with Gasteiger partial charge in [-0.15, -0.1) is 0 Å². The SMILES string of the molecule is CCN(CC)CCc1ccc2ccccc2c1OP(=O)(NC(C)(C)C(=O)OCc1ccccc1)OP(=O)(O)OC[C@H]1O[C@@H](n2cnc3c(N)nc(Cl)nc32)C(F)C1O. The molecule has 0 saturated carbocycles. The maximum absolute atomic E-state index is 15.5. The zero-order chi connectivity index (χ0) is 41.8. The van der Waals surface area contributed by atoms with Gasteiger partial charge in [0.15, 0.2) is 23.9 Å². The van der Waals surface area contributed by atoms with Crippen LogP contribution < -0.4 is 15.3 Å². The van der Waals surface area contributed by atoms with Crippen molar-refractivity contribution in [1.82, 2.24) is 29.5 Å². The van der Waals surface area contributed by atoms with E-state index in [1.807, 2.05) is 26.0 Å². The van der Waals surface area contributed by atoms with Crippen LogP contribution in [0.2, 0.25) is 5.28 Å². The monoisotopic (exact) mass is 863 g/mol. The number of ether oxygens (including phenoxy) is 2. The van der Waals surface area contributed by atoms with Gasteiger partial charge in [-0.3, -0.25) is 13.9 Å². The van der Waals surface area contributed by atoms with Crippen molar-refractivity contribution in [1.29, 1.82) is 0 Å². The van der Waals surface area contributed by atoms with Gasteiger partial charge in [0.05, 0.1) is 12.9 Å². The highest BCUT2D eigenvalue weighted by Gasteiger charge is 2.49. The maximum Gasteiger partial charge on any atom is 0.481 e. The lowest BCUT2D eigenvalue weighted by Crippen LogP contribution is -2.46. The van der Waals surface area contributed by atoms with Crippen molar-refractivity contribution in [3.63, 3.8) is 0 Å². The topological polar surface area (TPSA) is 223 Å².